The summed E-state index contributed by atoms with van der Waals surface area (Å²) in [6.45, 7) is 5.73. The van der Waals surface area contributed by atoms with Crippen LogP contribution in [0.25, 0.3) is 0 Å². The molecule has 18 heavy (non-hydrogen) atoms. The zero-order valence-corrected chi connectivity index (χ0v) is 12.5. The predicted molar refractivity (Wildman–Crippen MR) is 77.1 cm³/mol. The Morgan fingerprint density at radius 1 is 1.33 bits per heavy atom. The molecule has 0 aliphatic heterocycles. The van der Waals surface area contributed by atoms with E-state index >= 15 is 0 Å². The highest BCUT2D eigenvalue weighted by atomic mass is 35.5. The van der Waals surface area contributed by atoms with Gasteiger partial charge in [0.25, 0.3) is 0 Å². The van der Waals surface area contributed by atoms with Crippen LogP contribution < -0.4 is 0 Å². The van der Waals surface area contributed by atoms with E-state index in [0.717, 1.165) is 11.1 Å². The summed E-state index contributed by atoms with van der Waals surface area (Å²) in [5.74, 6) is -0.0338. The number of hydrogen-bond donors (Lipinski definition) is 0. The van der Waals surface area contributed by atoms with Crippen LogP contribution in [0.2, 0.25) is 10.0 Å². The molecular formula is C14H17Cl2NO. The van der Waals surface area contributed by atoms with Crippen molar-refractivity contribution >= 4 is 29.1 Å². The first-order chi connectivity index (χ1) is 8.32. The van der Waals surface area contributed by atoms with Gasteiger partial charge in [0, 0.05) is 23.2 Å². The fraction of sp³-hybridized carbons (Fsp3) is 0.357. The van der Waals surface area contributed by atoms with Gasteiger partial charge in [0.05, 0.1) is 6.04 Å². The van der Waals surface area contributed by atoms with Gasteiger partial charge in [0.15, 0.2) is 0 Å². The molecule has 1 atom stereocenters. The van der Waals surface area contributed by atoms with Crippen LogP contribution >= 0.6 is 23.2 Å². The molecular weight excluding hydrogens is 269 g/mol. The van der Waals surface area contributed by atoms with Gasteiger partial charge >= 0.3 is 0 Å². The third-order valence-corrected chi connectivity index (χ3v) is 3.32. The van der Waals surface area contributed by atoms with Gasteiger partial charge in [-0.2, -0.15) is 0 Å². The smallest absolute Gasteiger partial charge is 0.246 e. The first-order valence-corrected chi connectivity index (χ1v) is 6.45. The Kier molecular flexibility index (Phi) is 5.24. The van der Waals surface area contributed by atoms with Crippen molar-refractivity contribution in [2.75, 3.05) is 7.05 Å². The minimum Gasteiger partial charge on any atom is -0.335 e. The second-order valence-corrected chi connectivity index (χ2v) is 5.36. The maximum absolute atomic E-state index is 11.9. The summed E-state index contributed by atoms with van der Waals surface area (Å²) in [5.41, 5.74) is 1.86. The van der Waals surface area contributed by atoms with E-state index in [0.29, 0.717) is 10.0 Å². The minimum absolute atomic E-state index is 0.0338. The van der Waals surface area contributed by atoms with E-state index in [-0.39, 0.29) is 11.9 Å². The highest BCUT2D eigenvalue weighted by Crippen LogP contribution is 2.29. The average Bonchev–Trinajstić information content (AvgIpc) is 2.26. The molecule has 0 aromatic heterocycles. The Hall–Kier alpha value is -0.990. The fourth-order valence-corrected chi connectivity index (χ4v) is 2.15. The third-order valence-electron chi connectivity index (χ3n) is 2.75. The molecule has 0 fully saturated rings. The van der Waals surface area contributed by atoms with Crippen LogP contribution in [-0.2, 0) is 4.79 Å². The molecule has 1 unspecified atom stereocenters. The third kappa shape index (κ3) is 3.76. The summed E-state index contributed by atoms with van der Waals surface area (Å²) in [4.78, 5) is 13.6. The SMILES string of the molecule is CC(C)=CC(=O)N(C)C(C)c1ccc(Cl)cc1Cl. The van der Waals surface area contributed by atoms with Gasteiger partial charge < -0.3 is 4.90 Å². The lowest BCUT2D eigenvalue weighted by Gasteiger charge is -2.25. The van der Waals surface area contributed by atoms with E-state index in [1.165, 1.54) is 0 Å². The van der Waals surface area contributed by atoms with Crippen LogP contribution in [0.3, 0.4) is 0 Å². The van der Waals surface area contributed by atoms with Gasteiger partial charge in [0.1, 0.15) is 0 Å². The van der Waals surface area contributed by atoms with Crippen LogP contribution in [0, 0.1) is 0 Å². The molecule has 0 radical (unpaired) electrons. The second-order valence-electron chi connectivity index (χ2n) is 4.51. The number of carbonyl (C=O) groups is 1. The first-order valence-electron chi connectivity index (χ1n) is 5.69. The molecule has 0 bridgehead atoms. The van der Waals surface area contributed by atoms with Crippen molar-refractivity contribution in [3.05, 3.63) is 45.5 Å². The van der Waals surface area contributed by atoms with Crippen molar-refractivity contribution < 1.29 is 4.79 Å². The summed E-state index contributed by atoms with van der Waals surface area (Å²) in [7, 11) is 1.76. The monoisotopic (exact) mass is 285 g/mol. The van der Waals surface area contributed by atoms with Gasteiger partial charge in [-0.25, -0.2) is 0 Å². The summed E-state index contributed by atoms with van der Waals surface area (Å²) in [6, 6.07) is 5.21. The van der Waals surface area contributed by atoms with Crippen molar-refractivity contribution in [1.29, 1.82) is 0 Å². The molecule has 1 aromatic carbocycles. The molecule has 0 aliphatic rings. The zero-order chi connectivity index (χ0) is 13.9. The summed E-state index contributed by atoms with van der Waals surface area (Å²) >= 11 is 12.0. The topological polar surface area (TPSA) is 20.3 Å². The van der Waals surface area contributed by atoms with Crippen molar-refractivity contribution in [3.63, 3.8) is 0 Å². The molecule has 0 spiro atoms. The van der Waals surface area contributed by atoms with E-state index in [1.807, 2.05) is 26.8 Å². The van der Waals surface area contributed by atoms with Crippen molar-refractivity contribution in [1.82, 2.24) is 4.90 Å². The van der Waals surface area contributed by atoms with Gasteiger partial charge in [-0.15, -0.1) is 0 Å². The number of likely N-dealkylation sites (N-methyl/N-ethyl adjacent to an activating group) is 1. The van der Waals surface area contributed by atoms with E-state index in [2.05, 4.69) is 0 Å². The molecule has 98 valence electrons. The number of rotatable bonds is 3. The highest BCUT2D eigenvalue weighted by Gasteiger charge is 2.18. The Morgan fingerprint density at radius 2 is 1.94 bits per heavy atom. The maximum atomic E-state index is 11.9. The number of halogens is 2. The standard InChI is InChI=1S/C14H17Cl2NO/c1-9(2)7-14(18)17(4)10(3)12-6-5-11(15)8-13(12)16/h5-8,10H,1-4H3. The number of hydrogen-bond acceptors (Lipinski definition) is 1. The van der Waals surface area contributed by atoms with Crippen LogP contribution in [0.5, 0.6) is 0 Å². The quantitative estimate of drug-likeness (QED) is 0.750. The molecule has 4 heteroatoms. The number of allylic oxidation sites excluding steroid dienone is 1. The summed E-state index contributed by atoms with van der Waals surface area (Å²) in [5, 5.41) is 1.17. The van der Waals surface area contributed by atoms with Gasteiger partial charge in [-0.1, -0.05) is 34.8 Å². The molecule has 1 rings (SSSR count). The van der Waals surface area contributed by atoms with Crippen LogP contribution in [0.4, 0.5) is 0 Å². The molecule has 0 saturated carbocycles. The van der Waals surface area contributed by atoms with E-state index in [1.54, 1.807) is 30.2 Å². The maximum Gasteiger partial charge on any atom is 0.246 e. The Balaban J connectivity index is 2.96. The van der Waals surface area contributed by atoms with Crippen LogP contribution in [0.1, 0.15) is 32.4 Å². The van der Waals surface area contributed by atoms with Crippen LogP contribution in [-0.4, -0.2) is 17.9 Å². The summed E-state index contributed by atoms with van der Waals surface area (Å²) < 4.78 is 0. The molecule has 0 heterocycles. The summed E-state index contributed by atoms with van der Waals surface area (Å²) in [6.07, 6.45) is 1.61. The Labute approximate surface area is 118 Å². The molecule has 1 amide bonds. The zero-order valence-electron chi connectivity index (χ0n) is 11.0. The number of nitrogens with zero attached hydrogens (tertiary/aromatic N) is 1. The molecule has 0 N–H and O–H groups in total. The largest absolute Gasteiger partial charge is 0.335 e. The van der Waals surface area contributed by atoms with Gasteiger partial charge in [-0.05, 0) is 38.5 Å². The highest BCUT2D eigenvalue weighted by molar-refractivity contribution is 6.35. The van der Waals surface area contributed by atoms with Crippen molar-refractivity contribution in [3.8, 4) is 0 Å². The van der Waals surface area contributed by atoms with Crippen LogP contribution in [0.15, 0.2) is 29.8 Å². The second kappa shape index (κ2) is 6.26. The van der Waals surface area contributed by atoms with Gasteiger partial charge in [0.2, 0.25) is 5.91 Å². The lowest BCUT2D eigenvalue weighted by Crippen LogP contribution is -2.28. The number of benzene rings is 1. The van der Waals surface area contributed by atoms with Gasteiger partial charge in [-0.3, -0.25) is 4.79 Å². The van der Waals surface area contributed by atoms with Crippen molar-refractivity contribution in [2.24, 2.45) is 0 Å². The van der Waals surface area contributed by atoms with E-state index in [9.17, 15) is 4.79 Å². The normalized spacial score (nSPS) is 11.9. The van der Waals surface area contributed by atoms with E-state index < -0.39 is 0 Å². The molecule has 1 aromatic rings. The average molecular weight is 286 g/mol. The lowest BCUT2D eigenvalue weighted by molar-refractivity contribution is -0.126. The molecule has 2 nitrogen and oxygen atoms in total. The first kappa shape index (κ1) is 15.1. The molecule has 0 saturated heterocycles. The fourth-order valence-electron chi connectivity index (χ4n) is 1.59. The Bertz CT molecular complexity index is 479. The van der Waals surface area contributed by atoms with E-state index in [4.69, 9.17) is 23.2 Å². The number of amides is 1. The van der Waals surface area contributed by atoms with Crippen molar-refractivity contribution in [2.45, 2.75) is 26.8 Å². The lowest BCUT2D eigenvalue weighted by atomic mass is 10.1. The predicted octanol–water partition coefficient (Wildman–Crippen LogP) is 4.48. The Morgan fingerprint density at radius 3 is 2.44 bits per heavy atom. The molecule has 0 aliphatic carbocycles. The minimum atomic E-state index is -0.0992. The number of carbonyl (C=O) groups excluding carboxylic acids is 1.